The molecule has 0 saturated heterocycles. The summed E-state index contributed by atoms with van der Waals surface area (Å²) in [6.07, 6.45) is 4.33. The first-order valence-electron chi connectivity index (χ1n) is 6.48. The van der Waals surface area contributed by atoms with E-state index in [2.05, 4.69) is 6.92 Å². The lowest BCUT2D eigenvalue weighted by Gasteiger charge is -2.27. The number of benzene rings is 1. The van der Waals surface area contributed by atoms with Gasteiger partial charge in [-0.2, -0.15) is 0 Å². The van der Waals surface area contributed by atoms with Gasteiger partial charge in [0.25, 0.3) is 5.69 Å². The van der Waals surface area contributed by atoms with Crippen LogP contribution >= 0.6 is 0 Å². The lowest BCUT2D eigenvalue weighted by molar-refractivity contribution is -0.384. The molecule has 1 fully saturated rings. The minimum absolute atomic E-state index is 0.147. The lowest BCUT2D eigenvalue weighted by Crippen LogP contribution is -2.30. The molecule has 1 aliphatic rings. The summed E-state index contributed by atoms with van der Waals surface area (Å²) in [5.74, 6) is 0.715. The molecule has 0 heterocycles. The van der Waals surface area contributed by atoms with Crippen molar-refractivity contribution < 1.29 is 4.92 Å². The van der Waals surface area contributed by atoms with Gasteiger partial charge in [-0.3, -0.25) is 10.1 Å². The van der Waals surface area contributed by atoms with Crippen molar-refractivity contribution in [3.8, 4) is 0 Å². The van der Waals surface area contributed by atoms with Gasteiger partial charge in [-0.05, 0) is 42.7 Å². The van der Waals surface area contributed by atoms with Crippen molar-refractivity contribution in [3.63, 3.8) is 0 Å². The van der Waals surface area contributed by atoms with E-state index in [0.717, 1.165) is 24.8 Å². The first-order valence-corrected chi connectivity index (χ1v) is 6.48. The van der Waals surface area contributed by atoms with E-state index < -0.39 is 0 Å². The molecule has 0 amide bonds. The SMILES string of the molecule is CC1CCC(CN)(Cc2cccc([N+](=O)[O-])c2)C1. The number of non-ortho nitro benzene ring substituents is 1. The molecule has 2 N–H and O–H groups in total. The number of nitro groups is 1. The standard InChI is InChI=1S/C14H20N2O2/c1-11-5-6-14(8-11,10-15)9-12-3-2-4-13(7-12)16(17)18/h2-4,7,11H,5-6,8-10,15H2,1H3. The summed E-state index contributed by atoms with van der Waals surface area (Å²) in [4.78, 5) is 10.4. The second-order valence-electron chi connectivity index (χ2n) is 5.66. The van der Waals surface area contributed by atoms with E-state index in [4.69, 9.17) is 5.73 Å². The number of hydrogen-bond acceptors (Lipinski definition) is 3. The Morgan fingerprint density at radius 1 is 1.56 bits per heavy atom. The van der Waals surface area contributed by atoms with Gasteiger partial charge in [0.1, 0.15) is 0 Å². The summed E-state index contributed by atoms with van der Waals surface area (Å²) < 4.78 is 0. The van der Waals surface area contributed by atoms with Crippen LogP contribution in [0.4, 0.5) is 5.69 Å². The molecule has 0 aromatic heterocycles. The van der Waals surface area contributed by atoms with Crippen LogP contribution in [-0.2, 0) is 6.42 Å². The van der Waals surface area contributed by atoms with E-state index in [-0.39, 0.29) is 16.0 Å². The maximum absolute atomic E-state index is 10.8. The van der Waals surface area contributed by atoms with Crippen LogP contribution in [0.25, 0.3) is 0 Å². The molecule has 1 aromatic carbocycles. The Hall–Kier alpha value is -1.42. The van der Waals surface area contributed by atoms with Crippen LogP contribution in [-0.4, -0.2) is 11.5 Å². The number of nitrogens with two attached hydrogens (primary N) is 1. The van der Waals surface area contributed by atoms with Gasteiger partial charge in [0.15, 0.2) is 0 Å². The minimum Gasteiger partial charge on any atom is -0.330 e. The van der Waals surface area contributed by atoms with Crippen LogP contribution in [0.1, 0.15) is 31.7 Å². The van der Waals surface area contributed by atoms with Gasteiger partial charge in [-0.15, -0.1) is 0 Å². The molecular weight excluding hydrogens is 228 g/mol. The fraction of sp³-hybridized carbons (Fsp3) is 0.571. The Balaban J connectivity index is 2.17. The third-order valence-electron chi connectivity index (χ3n) is 4.08. The Morgan fingerprint density at radius 3 is 2.89 bits per heavy atom. The van der Waals surface area contributed by atoms with Crippen molar-refractivity contribution in [2.45, 2.75) is 32.6 Å². The maximum atomic E-state index is 10.8. The predicted molar refractivity (Wildman–Crippen MR) is 71.3 cm³/mol. The van der Waals surface area contributed by atoms with Gasteiger partial charge in [0, 0.05) is 12.1 Å². The van der Waals surface area contributed by atoms with Gasteiger partial charge < -0.3 is 5.73 Å². The van der Waals surface area contributed by atoms with Crippen LogP contribution in [0.15, 0.2) is 24.3 Å². The molecule has 0 aliphatic heterocycles. The van der Waals surface area contributed by atoms with Crippen molar-refractivity contribution >= 4 is 5.69 Å². The number of nitro benzene ring substituents is 1. The van der Waals surface area contributed by atoms with Gasteiger partial charge in [-0.1, -0.05) is 25.5 Å². The molecular formula is C14H20N2O2. The van der Waals surface area contributed by atoms with Crippen molar-refractivity contribution in [3.05, 3.63) is 39.9 Å². The highest BCUT2D eigenvalue weighted by atomic mass is 16.6. The number of rotatable bonds is 4. The average Bonchev–Trinajstić information content (AvgIpc) is 2.72. The average molecular weight is 248 g/mol. The smallest absolute Gasteiger partial charge is 0.269 e. The molecule has 2 atom stereocenters. The van der Waals surface area contributed by atoms with Gasteiger partial charge >= 0.3 is 0 Å². The molecule has 98 valence electrons. The van der Waals surface area contributed by atoms with E-state index in [1.807, 2.05) is 6.07 Å². The van der Waals surface area contributed by atoms with E-state index >= 15 is 0 Å². The highest BCUT2D eigenvalue weighted by molar-refractivity contribution is 5.34. The molecule has 2 unspecified atom stereocenters. The lowest BCUT2D eigenvalue weighted by atomic mass is 9.79. The summed E-state index contributed by atoms with van der Waals surface area (Å²) >= 11 is 0. The van der Waals surface area contributed by atoms with Crippen LogP contribution in [0, 0.1) is 21.4 Å². The minimum atomic E-state index is -0.337. The van der Waals surface area contributed by atoms with Crippen molar-refractivity contribution in [2.24, 2.45) is 17.1 Å². The first kappa shape index (κ1) is 13.0. The van der Waals surface area contributed by atoms with E-state index in [9.17, 15) is 10.1 Å². The fourth-order valence-corrected chi connectivity index (χ4v) is 3.13. The second-order valence-corrected chi connectivity index (χ2v) is 5.66. The molecule has 1 aromatic rings. The number of nitrogens with zero attached hydrogens (tertiary/aromatic N) is 1. The summed E-state index contributed by atoms with van der Waals surface area (Å²) in [6.45, 7) is 2.92. The van der Waals surface area contributed by atoms with Gasteiger partial charge in [-0.25, -0.2) is 0 Å². The van der Waals surface area contributed by atoms with Gasteiger partial charge in [0.05, 0.1) is 4.92 Å². The van der Waals surface area contributed by atoms with Crippen molar-refractivity contribution in [1.29, 1.82) is 0 Å². The van der Waals surface area contributed by atoms with Crippen LogP contribution in [0.5, 0.6) is 0 Å². The van der Waals surface area contributed by atoms with Crippen molar-refractivity contribution in [2.75, 3.05) is 6.54 Å². The van der Waals surface area contributed by atoms with Crippen LogP contribution in [0.3, 0.4) is 0 Å². The second kappa shape index (κ2) is 5.06. The monoisotopic (exact) mass is 248 g/mol. The Bertz CT molecular complexity index is 447. The summed E-state index contributed by atoms with van der Waals surface area (Å²) in [5, 5.41) is 10.8. The molecule has 1 aliphatic carbocycles. The van der Waals surface area contributed by atoms with E-state index in [0.29, 0.717) is 12.5 Å². The molecule has 2 rings (SSSR count). The Morgan fingerprint density at radius 2 is 2.33 bits per heavy atom. The number of hydrogen-bond donors (Lipinski definition) is 1. The third-order valence-corrected chi connectivity index (χ3v) is 4.08. The Labute approximate surface area is 107 Å². The quantitative estimate of drug-likeness (QED) is 0.658. The third kappa shape index (κ3) is 2.70. The van der Waals surface area contributed by atoms with E-state index in [1.165, 1.54) is 12.5 Å². The summed E-state index contributed by atoms with van der Waals surface area (Å²) in [6, 6.07) is 6.94. The summed E-state index contributed by atoms with van der Waals surface area (Å²) in [5.41, 5.74) is 7.29. The molecule has 1 saturated carbocycles. The molecule has 0 bridgehead atoms. The largest absolute Gasteiger partial charge is 0.330 e. The molecule has 4 heteroatoms. The zero-order valence-corrected chi connectivity index (χ0v) is 10.8. The highest BCUT2D eigenvalue weighted by Gasteiger charge is 2.36. The van der Waals surface area contributed by atoms with Crippen LogP contribution < -0.4 is 5.73 Å². The normalized spacial score (nSPS) is 27.3. The molecule has 0 spiro atoms. The van der Waals surface area contributed by atoms with Gasteiger partial charge in [0.2, 0.25) is 0 Å². The zero-order valence-electron chi connectivity index (χ0n) is 10.8. The highest BCUT2D eigenvalue weighted by Crippen LogP contribution is 2.43. The van der Waals surface area contributed by atoms with Crippen molar-refractivity contribution in [1.82, 2.24) is 0 Å². The molecule has 0 radical (unpaired) electrons. The van der Waals surface area contributed by atoms with E-state index in [1.54, 1.807) is 12.1 Å². The topological polar surface area (TPSA) is 69.2 Å². The fourth-order valence-electron chi connectivity index (χ4n) is 3.13. The zero-order chi connectivity index (χ0) is 13.2. The van der Waals surface area contributed by atoms with Crippen LogP contribution in [0.2, 0.25) is 0 Å². The maximum Gasteiger partial charge on any atom is 0.269 e. The molecule has 18 heavy (non-hydrogen) atoms. The Kier molecular flexibility index (Phi) is 3.66. The first-order chi connectivity index (χ1) is 8.54. The predicted octanol–water partition coefficient (Wildman–Crippen LogP) is 2.90. The molecule has 4 nitrogen and oxygen atoms in total. The summed E-state index contributed by atoms with van der Waals surface area (Å²) in [7, 11) is 0.